The Bertz CT molecular complexity index is 723. The summed E-state index contributed by atoms with van der Waals surface area (Å²) in [5.74, 6) is 0. The van der Waals surface area contributed by atoms with Gasteiger partial charge in [0, 0.05) is 44.7 Å². The molecule has 0 bridgehead atoms. The van der Waals surface area contributed by atoms with E-state index in [1.807, 2.05) is 0 Å². The van der Waals surface area contributed by atoms with Crippen LogP contribution in [0.2, 0.25) is 0 Å². The molecule has 0 radical (unpaired) electrons. The van der Waals surface area contributed by atoms with Crippen molar-refractivity contribution >= 4 is 31.2 Å². The SMILES string of the molecule is COCCCN1C[C@H](N)c2cc(S(C)(=O)=O)sc2S1(=O)=O. The average molecular weight is 354 g/mol. The van der Waals surface area contributed by atoms with Crippen LogP contribution in [-0.4, -0.2) is 54.2 Å². The average Bonchev–Trinajstić information content (AvgIpc) is 2.82. The number of sulfone groups is 1. The van der Waals surface area contributed by atoms with Crippen molar-refractivity contribution in [1.82, 2.24) is 4.31 Å². The molecule has 0 fully saturated rings. The fraction of sp³-hybridized carbons (Fsp3) is 0.636. The van der Waals surface area contributed by atoms with E-state index in [-0.39, 0.29) is 15.0 Å². The van der Waals surface area contributed by atoms with Crippen molar-refractivity contribution in [3.05, 3.63) is 11.6 Å². The zero-order chi connectivity index (χ0) is 15.8. The fourth-order valence-corrected chi connectivity index (χ4v) is 6.67. The number of ether oxygens (including phenoxy) is 1. The van der Waals surface area contributed by atoms with Crippen LogP contribution in [0.3, 0.4) is 0 Å². The molecule has 1 aliphatic rings. The van der Waals surface area contributed by atoms with Crippen molar-refractivity contribution in [1.29, 1.82) is 0 Å². The van der Waals surface area contributed by atoms with Gasteiger partial charge in [-0.05, 0) is 12.5 Å². The lowest BCUT2D eigenvalue weighted by Crippen LogP contribution is -2.42. The third-order valence-corrected chi connectivity index (χ3v) is 8.54. The molecule has 0 saturated carbocycles. The van der Waals surface area contributed by atoms with Gasteiger partial charge >= 0.3 is 0 Å². The molecule has 2 N–H and O–H groups in total. The second kappa shape index (κ2) is 5.94. The molecule has 0 spiro atoms. The van der Waals surface area contributed by atoms with Crippen LogP contribution < -0.4 is 5.73 Å². The first-order valence-electron chi connectivity index (χ1n) is 6.26. The van der Waals surface area contributed by atoms with Gasteiger partial charge in [-0.1, -0.05) is 0 Å². The molecule has 10 heteroatoms. The van der Waals surface area contributed by atoms with Gasteiger partial charge in [0.15, 0.2) is 9.84 Å². The molecule has 1 aromatic heterocycles. The van der Waals surface area contributed by atoms with Gasteiger partial charge in [0.2, 0.25) is 0 Å². The standard InChI is InChI=1S/C11H18N2O5S3/c1-18-5-3-4-13-7-9(12)8-6-10(20(2,14)15)19-11(8)21(13,16)17/h6,9H,3-5,7,12H2,1-2H3/t9-/m0/s1. The Balaban J connectivity index is 2.40. The van der Waals surface area contributed by atoms with Crippen molar-refractivity contribution in [3.8, 4) is 0 Å². The molecule has 0 aromatic carbocycles. The molecular formula is C11H18N2O5S3. The van der Waals surface area contributed by atoms with Gasteiger partial charge in [0.05, 0.1) is 0 Å². The van der Waals surface area contributed by atoms with E-state index >= 15 is 0 Å². The lowest BCUT2D eigenvalue weighted by molar-refractivity contribution is 0.186. The molecule has 1 aromatic rings. The fourth-order valence-electron chi connectivity index (χ4n) is 2.14. The smallest absolute Gasteiger partial charge is 0.252 e. The molecule has 7 nitrogen and oxygen atoms in total. The molecular weight excluding hydrogens is 336 g/mol. The first-order chi connectivity index (χ1) is 9.67. The molecule has 0 saturated heterocycles. The number of hydrogen-bond acceptors (Lipinski definition) is 7. The minimum atomic E-state index is -3.68. The summed E-state index contributed by atoms with van der Waals surface area (Å²) in [6.45, 7) is 0.904. The Kier molecular flexibility index (Phi) is 4.76. The minimum absolute atomic E-state index is 0.0327. The number of nitrogens with two attached hydrogens (primary N) is 1. The zero-order valence-corrected chi connectivity index (χ0v) is 14.2. The Morgan fingerprint density at radius 2 is 2.19 bits per heavy atom. The molecule has 21 heavy (non-hydrogen) atoms. The van der Waals surface area contributed by atoms with Crippen LogP contribution in [0.1, 0.15) is 18.0 Å². The van der Waals surface area contributed by atoms with Crippen molar-refractivity contribution in [2.75, 3.05) is 33.1 Å². The van der Waals surface area contributed by atoms with Gasteiger partial charge in [-0.15, -0.1) is 11.3 Å². The van der Waals surface area contributed by atoms with E-state index in [1.165, 1.54) is 10.4 Å². The first kappa shape index (κ1) is 16.8. The van der Waals surface area contributed by atoms with Gasteiger partial charge in [-0.25, -0.2) is 16.8 Å². The summed E-state index contributed by atoms with van der Waals surface area (Å²) in [7, 11) is -5.58. The van der Waals surface area contributed by atoms with E-state index in [4.69, 9.17) is 10.5 Å². The topological polar surface area (TPSA) is 107 Å². The maximum atomic E-state index is 12.5. The molecule has 0 aliphatic carbocycles. The summed E-state index contributed by atoms with van der Waals surface area (Å²) in [6.07, 6.45) is 1.61. The third kappa shape index (κ3) is 3.30. The second-order valence-corrected chi connectivity index (χ2v) is 10.3. The predicted molar refractivity (Wildman–Crippen MR) is 79.6 cm³/mol. The highest BCUT2D eigenvalue weighted by molar-refractivity contribution is 7.94. The van der Waals surface area contributed by atoms with Crippen LogP contribution in [0, 0.1) is 0 Å². The van der Waals surface area contributed by atoms with Crippen LogP contribution in [0.4, 0.5) is 0 Å². The Hall–Kier alpha value is -0.520. The van der Waals surface area contributed by atoms with E-state index in [2.05, 4.69) is 0 Å². The summed E-state index contributed by atoms with van der Waals surface area (Å²) >= 11 is 0.767. The Morgan fingerprint density at radius 3 is 2.76 bits per heavy atom. The minimum Gasteiger partial charge on any atom is -0.385 e. The monoisotopic (exact) mass is 354 g/mol. The maximum Gasteiger partial charge on any atom is 0.252 e. The van der Waals surface area contributed by atoms with Gasteiger partial charge < -0.3 is 10.5 Å². The van der Waals surface area contributed by atoms with Crippen LogP contribution >= 0.6 is 11.3 Å². The number of nitrogens with zero attached hydrogens (tertiary/aromatic N) is 1. The number of sulfonamides is 1. The van der Waals surface area contributed by atoms with E-state index in [0.717, 1.165) is 17.6 Å². The largest absolute Gasteiger partial charge is 0.385 e. The lowest BCUT2D eigenvalue weighted by atomic mass is 10.1. The zero-order valence-electron chi connectivity index (χ0n) is 11.8. The van der Waals surface area contributed by atoms with Crippen LogP contribution in [0.5, 0.6) is 0 Å². The number of thiophene rings is 1. The van der Waals surface area contributed by atoms with Gasteiger partial charge in [-0.2, -0.15) is 4.31 Å². The molecule has 1 aliphatic heterocycles. The summed E-state index contributed by atoms with van der Waals surface area (Å²) in [5, 5.41) is 0. The summed E-state index contributed by atoms with van der Waals surface area (Å²) < 4.78 is 54.6. The normalized spacial score (nSPS) is 22.1. The first-order valence-corrected chi connectivity index (χ1v) is 10.4. The molecule has 2 heterocycles. The van der Waals surface area contributed by atoms with Gasteiger partial charge in [-0.3, -0.25) is 0 Å². The van der Waals surface area contributed by atoms with Crippen molar-refractivity contribution in [2.45, 2.75) is 20.9 Å². The van der Waals surface area contributed by atoms with Crippen LogP contribution in [-0.2, 0) is 24.6 Å². The Labute approximate surface area is 128 Å². The Morgan fingerprint density at radius 1 is 1.52 bits per heavy atom. The third-order valence-electron chi connectivity index (χ3n) is 3.20. The molecule has 120 valence electrons. The highest BCUT2D eigenvalue weighted by Crippen LogP contribution is 2.39. The summed E-state index contributed by atoms with van der Waals surface area (Å²) in [4.78, 5) is 0. The highest BCUT2D eigenvalue weighted by atomic mass is 32.3. The molecule has 1 atom stereocenters. The second-order valence-electron chi connectivity index (χ2n) is 4.90. The number of hydrogen-bond donors (Lipinski definition) is 1. The number of rotatable bonds is 5. The van der Waals surface area contributed by atoms with Gasteiger partial charge in [0.25, 0.3) is 10.0 Å². The van der Waals surface area contributed by atoms with E-state index < -0.39 is 25.9 Å². The summed E-state index contributed by atoms with van der Waals surface area (Å²) in [6, 6.07) is 0.863. The number of fused-ring (bicyclic) bond motifs is 1. The van der Waals surface area contributed by atoms with E-state index in [0.29, 0.717) is 25.1 Å². The van der Waals surface area contributed by atoms with Crippen molar-refractivity contribution in [3.63, 3.8) is 0 Å². The van der Waals surface area contributed by atoms with E-state index in [9.17, 15) is 16.8 Å². The molecule has 0 unspecified atom stereocenters. The summed E-state index contributed by atoms with van der Waals surface area (Å²) in [5.41, 5.74) is 6.39. The van der Waals surface area contributed by atoms with Crippen molar-refractivity contribution in [2.24, 2.45) is 5.73 Å². The molecule has 0 amide bonds. The van der Waals surface area contributed by atoms with Crippen LogP contribution in [0.15, 0.2) is 14.5 Å². The van der Waals surface area contributed by atoms with Crippen LogP contribution in [0.25, 0.3) is 0 Å². The predicted octanol–water partition coefficient (Wildman–Crippen LogP) is 0.192. The van der Waals surface area contributed by atoms with Crippen molar-refractivity contribution < 1.29 is 21.6 Å². The highest BCUT2D eigenvalue weighted by Gasteiger charge is 2.38. The van der Waals surface area contributed by atoms with Gasteiger partial charge in [0.1, 0.15) is 8.42 Å². The van der Waals surface area contributed by atoms with E-state index in [1.54, 1.807) is 7.11 Å². The number of methoxy groups -OCH3 is 1. The molecule has 2 rings (SSSR count). The maximum absolute atomic E-state index is 12.5. The lowest BCUT2D eigenvalue weighted by Gasteiger charge is -2.29. The quantitative estimate of drug-likeness (QED) is 0.757.